The molecule has 0 aliphatic carbocycles. The van der Waals surface area contributed by atoms with E-state index < -0.39 is 0 Å². The van der Waals surface area contributed by atoms with Crippen LogP contribution < -0.4 is 10.1 Å². The van der Waals surface area contributed by atoms with E-state index >= 15 is 0 Å². The summed E-state index contributed by atoms with van der Waals surface area (Å²) in [6.45, 7) is 7.15. The zero-order valence-corrected chi connectivity index (χ0v) is 11.6. The Morgan fingerprint density at radius 3 is 2.41 bits per heavy atom. The van der Waals surface area contributed by atoms with Crippen LogP contribution in [0.1, 0.15) is 16.7 Å². The van der Waals surface area contributed by atoms with Gasteiger partial charge in [-0.2, -0.15) is 0 Å². The Balaban J connectivity index is 2.60. The van der Waals surface area contributed by atoms with Gasteiger partial charge in [0.05, 0.1) is 7.11 Å². The van der Waals surface area contributed by atoms with Gasteiger partial charge in [-0.15, -0.1) is 0 Å². The molecule has 3 nitrogen and oxygen atoms in total. The molecule has 0 aliphatic heterocycles. The van der Waals surface area contributed by atoms with Crippen molar-refractivity contribution in [1.29, 1.82) is 0 Å². The molecular weight excluding hydrogens is 212 g/mol. The largest absolute Gasteiger partial charge is 0.496 e. The van der Waals surface area contributed by atoms with Gasteiger partial charge in [-0.25, -0.2) is 0 Å². The summed E-state index contributed by atoms with van der Waals surface area (Å²) in [4.78, 5) is 2.17. The van der Waals surface area contributed by atoms with Gasteiger partial charge in [-0.05, 0) is 45.1 Å². The van der Waals surface area contributed by atoms with Crippen molar-refractivity contribution in [2.75, 3.05) is 34.3 Å². The highest BCUT2D eigenvalue weighted by Crippen LogP contribution is 2.22. The lowest BCUT2D eigenvalue weighted by molar-refractivity contribution is 0.392. The molecule has 0 aliphatic rings. The normalized spacial score (nSPS) is 10.9. The second kappa shape index (κ2) is 6.62. The molecule has 0 fully saturated rings. The third-order valence-electron chi connectivity index (χ3n) is 2.95. The molecule has 0 heterocycles. The van der Waals surface area contributed by atoms with Crippen molar-refractivity contribution in [3.63, 3.8) is 0 Å². The van der Waals surface area contributed by atoms with Gasteiger partial charge >= 0.3 is 0 Å². The minimum Gasteiger partial charge on any atom is -0.496 e. The molecule has 3 heteroatoms. The summed E-state index contributed by atoms with van der Waals surface area (Å²) in [5, 5.41) is 3.43. The lowest BCUT2D eigenvalue weighted by Crippen LogP contribution is -2.26. The van der Waals surface area contributed by atoms with E-state index in [2.05, 4.69) is 50.3 Å². The molecule has 0 amide bonds. The van der Waals surface area contributed by atoms with E-state index in [1.54, 1.807) is 7.11 Å². The number of hydrogen-bond donors (Lipinski definition) is 1. The summed E-state index contributed by atoms with van der Waals surface area (Å²) >= 11 is 0. The van der Waals surface area contributed by atoms with Crippen LogP contribution in [0.5, 0.6) is 5.75 Å². The maximum atomic E-state index is 5.41. The Bertz CT molecular complexity index is 361. The molecule has 0 aromatic heterocycles. The lowest BCUT2D eigenvalue weighted by atomic mass is 10.0. The molecule has 1 aromatic rings. The fourth-order valence-electron chi connectivity index (χ4n) is 1.70. The number of aryl methyl sites for hydroxylation is 2. The van der Waals surface area contributed by atoms with Crippen LogP contribution in [0.15, 0.2) is 12.1 Å². The Morgan fingerprint density at radius 2 is 1.82 bits per heavy atom. The van der Waals surface area contributed by atoms with Crippen molar-refractivity contribution in [1.82, 2.24) is 10.2 Å². The molecule has 1 aromatic carbocycles. The molecule has 1 N–H and O–H groups in total. The standard InChI is InChI=1S/C14H24N2O/c1-11-8-13(10-15-6-7-16(3)4)14(17-5)9-12(11)2/h8-9,15H,6-7,10H2,1-5H3. The second-order valence-electron chi connectivity index (χ2n) is 4.73. The fourth-order valence-corrected chi connectivity index (χ4v) is 1.70. The van der Waals surface area contributed by atoms with Gasteiger partial charge < -0.3 is 15.0 Å². The summed E-state index contributed by atoms with van der Waals surface area (Å²) in [6.07, 6.45) is 0. The van der Waals surface area contributed by atoms with Gasteiger partial charge in [-0.3, -0.25) is 0 Å². The number of benzene rings is 1. The molecule has 0 bridgehead atoms. The van der Waals surface area contributed by atoms with Crippen LogP contribution in [-0.4, -0.2) is 39.2 Å². The summed E-state index contributed by atoms with van der Waals surface area (Å²) in [5.74, 6) is 0.977. The van der Waals surface area contributed by atoms with Gasteiger partial charge in [-0.1, -0.05) is 6.07 Å². The number of methoxy groups -OCH3 is 1. The smallest absolute Gasteiger partial charge is 0.123 e. The highest BCUT2D eigenvalue weighted by molar-refractivity contribution is 5.41. The van der Waals surface area contributed by atoms with Crippen LogP contribution in [0, 0.1) is 13.8 Å². The fraction of sp³-hybridized carbons (Fsp3) is 0.571. The van der Waals surface area contributed by atoms with Gasteiger partial charge in [0.15, 0.2) is 0 Å². The molecule has 0 saturated heterocycles. The molecule has 96 valence electrons. The van der Waals surface area contributed by atoms with E-state index in [0.29, 0.717) is 0 Å². The number of nitrogens with one attached hydrogen (secondary N) is 1. The maximum absolute atomic E-state index is 5.41. The average Bonchev–Trinajstić information content (AvgIpc) is 2.28. The summed E-state index contributed by atoms with van der Waals surface area (Å²) in [7, 11) is 5.89. The topological polar surface area (TPSA) is 24.5 Å². The van der Waals surface area contributed by atoms with Crippen molar-refractivity contribution in [3.05, 3.63) is 28.8 Å². The molecule has 1 rings (SSSR count). The van der Waals surface area contributed by atoms with E-state index in [1.165, 1.54) is 16.7 Å². The van der Waals surface area contributed by atoms with Crippen molar-refractivity contribution in [2.45, 2.75) is 20.4 Å². The van der Waals surface area contributed by atoms with E-state index in [9.17, 15) is 0 Å². The monoisotopic (exact) mass is 236 g/mol. The highest BCUT2D eigenvalue weighted by Gasteiger charge is 2.05. The van der Waals surface area contributed by atoms with Gasteiger partial charge in [0, 0.05) is 25.2 Å². The van der Waals surface area contributed by atoms with Crippen molar-refractivity contribution in [2.24, 2.45) is 0 Å². The van der Waals surface area contributed by atoms with Crippen LogP contribution >= 0.6 is 0 Å². The van der Waals surface area contributed by atoms with E-state index in [1.807, 2.05) is 0 Å². The predicted molar refractivity (Wildman–Crippen MR) is 72.7 cm³/mol. The molecule has 17 heavy (non-hydrogen) atoms. The minimum absolute atomic E-state index is 0.859. The Morgan fingerprint density at radius 1 is 1.18 bits per heavy atom. The van der Waals surface area contributed by atoms with Gasteiger partial charge in [0.2, 0.25) is 0 Å². The van der Waals surface area contributed by atoms with Gasteiger partial charge in [0.1, 0.15) is 5.75 Å². The Kier molecular flexibility index (Phi) is 5.45. The first-order valence-electron chi connectivity index (χ1n) is 6.04. The number of likely N-dealkylation sites (N-methyl/N-ethyl adjacent to an activating group) is 1. The quantitative estimate of drug-likeness (QED) is 0.764. The zero-order chi connectivity index (χ0) is 12.8. The molecule has 0 radical (unpaired) electrons. The molecule has 0 unspecified atom stereocenters. The summed E-state index contributed by atoms with van der Waals surface area (Å²) in [6, 6.07) is 4.31. The van der Waals surface area contributed by atoms with Crippen LogP contribution in [0.25, 0.3) is 0 Å². The summed E-state index contributed by atoms with van der Waals surface area (Å²) in [5.41, 5.74) is 3.82. The first kappa shape index (κ1) is 14.0. The Hall–Kier alpha value is -1.06. The molecule has 0 spiro atoms. The van der Waals surface area contributed by atoms with Crippen molar-refractivity contribution in [3.8, 4) is 5.75 Å². The van der Waals surface area contributed by atoms with Crippen LogP contribution in [0.3, 0.4) is 0 Å². The SMILES string of the molecule is COc1cc(C)c(C)cc1CNCCN(C)C. The Labute approximate surface area is 105 Å². The van der Waals surface area contributed by atoms with E-state index in [-0.39, 0.29) is 0 Å². The predicted octanol–water partition coefficient (Wildman–Crippen LogP) is 1.96. The third kappa shape index (κ3) is 4.36. The van der Waals surface area contributed by atoms with Crippen LogP contribution in [-0.2, 0) is 6.54 Å². The molecule has 0 atom stereocenters. The van der Waals surface area contributed by atoms with Crippen molar-refractivity contribution >= 4 is 0 Å². The van der Waals surface area contributed by atoms with E-state index in [4.69, 9.17) is 4.74 Å². The minimum atomic E-state index is 0.859. The maximum Gasteiger partial charge on any atom is 0.123 e. The first-order valence-corrected chi connectivity index (χ1v) is 6.04. The van der Waals surface area contributed by atoms with Crippen LogP contribution in [0.4, 0.5) is 0 Å². The van der Waals surface area contributed by atoms with E-state index in [0.717, 1.165) is 25.4 Å². The number of ether oxygens (including phenoxy) is 1. The molecular formula is C14H24N2O. The van der Waals surface area contributed by atoms with Gasteiger partial charge in [0.25, 0.3) is 0 Å². The zero-order valence-electron chi connectivity index (χ0n) is 11.6. The second-order valence-corrected chi connectivity index (χ2v) is 4.73. The summed E-state index contributed by atoms with van der Waals surface area (Å²) < 4.78 is 5.41. The number of rotatable bonds is 6. The highest BCUT2D eigenvalue weighted by atomic mass is 16.5. The van der Waals surface area contributed by atoms with Crippen LogP contribution in [0.2, 0.25) is 0 Å². The molecule has 0 saturated carbocycles. The average molecular weight is 236 g/mol. The number of hydrogen-bond acceptors (Lipinski definition) is 3. The lowest BCUT2D eigenvalue weighted by Gasteiger charge is -2.14. The number of nitrogens with zero attached hydrogens (tertiary/aromatic N) is 1. The first-order chi connectivity index (χ1) is 8.04. The van der Waals surface area contributed by atoms with Crippen molar-refractivity contribution < 1.29 is 4.74 Å². The third-order valence-corrected chi connectivity index (χ3v) is 2.95.